The van der Waals surface area contributed by atoms with Crippen LogP contribution in [0.3, 0.4) is 0 Å². The second kappa shape index (κ2) is 11.3. The molecule has 0 saturated heterocycles. The Morgan fingerprint density at radius 2 is 0.830 bits per heavy atom. The van der Waals surface area contributed by atoms with Crippen molar-refractivity contribution >= 4 is 60.3 Å². The van der Waals surface area contributed by atoms with Gasteiger partial charge in [-0.3, -0.25) is 4.90 Å². The number of benzene rings is 8. The molecule has 9 aromatic rings. The van der Waals surface area contributed by atoms with E-state index in [2.05, 4.69) is 181 Å². The van der Waals surface area contributed by atoms with Crippen LogP contribution in [0.4, 0.5) is 17.2 Å². The lowest BCUT2D eigenvalue weighted by Gasteiger charge is -2.26. The SMILES string of the molecule is c1ccc(N(c2ccc(-c3c4ccccc4c(-c4ccc5ccccc5c4)c4ccccc34)cc2)c2nccc3ccccc23)cc1. The standard InChI is InChI=1S/C45H30N2/c1-2-15-36(16-3-1)47(45-38-17-7-6-13-32(38)28-29-46-45)37-26-24-33(25-27-37)43-39-18-8-10-20-41(39)44(42-21-11-9-19-40(42)43)35-23-22-31-12-4-5-14-34(31)30-35/h1-30H. The summed E-state index contributed by atoms with van der Waals surface area (Å²) < 4.78 is 0. The topological polar surface area (TPSA) is 16.1 Å². The van der Waals surface area contributed by atoms with Crippen molar-refractivity contribution in [3.63, 3.8) is 0 Å². The molecule has 0 unspecified atom stereocenters. The number of hydrogen-bond donors (Lipinski definition) is 0. The summed E-state index contributed by atoms with van der Waals surface area (Å²) in [6, 6.07) is 63.2. The van der Waals surface area contributed by atoms with Crippen molar-refractivity contribution in [2.24, 2.45) is 0 Å². The van der Waals surface area contributed by atoms with E-state index in [1.165, 1.54) is 60.0 Å². The molecular formula is C45H30N2. The highest BCUT2D eigenvalue weighted by Gasteiger charge is 2.19. The Kier molecular flexibility index (Phi) is 6.50. The number of hydrogen-bond acceptors (Lipinski definition) is 2. The van der Waals surface area contributed by atoms with Crippen LogP contribution >= 0.6 is 0 Å². The molecule has 0 amide bonds. The fourth-order valence-electron chi connectivity index (χ4n) is 7.13. The van der Waals surface area contributed by atoms with Crippen LogP contribution in [0.2, 0.25) is 0 Å². The molecule has 9 rings (SSSR count). The Bertz CT molecular complexity index is 2510. The van der Waals surface area contributed by atoms with Gasteiger partial charge in [-0.2, -0.15) is 0 Å². The zero-order chi connectivity index (χ0) is 31.2. The molecule has 0 bridgehead atoms. The van der Waals surface area contributed by atoms with Crippen molar-refractivity contribution in [2.75, 3.05) is 4.90 Å². The van der Waals surface area contributed by atoms with Crippen LogP contribution in [-0.2, 0) is 0 Å². The van der Waals surface area contributed by atoms with E-state index >= 15 is 0 Å². The van der Waals surface area contributed by atoms with Crippen molar-refractivity contribution in [3.05, 3.63) is 182 Å². The number of fused-ring (bicyclic) bond motifs is 4. The van der Waals surface area contributed by atoms with Crippen molar-refractivity contribution in [1.82, 2.24) is 4.98 Å². The molecule has 0 aliphatic heterocycles. The van der Waals surface area contributed by atoms with Crippen molar-refractivity contribution in [3.8, 4) is 22.3 Å². The molecule has 0 aliphatic carbocycles. The first-order chi connectivity index (χ1) is 23.3. The van der Waals surface area contributed by atoms with Gasteiger partial charge >= 0.3 is 0 Å². The Morgan fingerprint density at radius 3 is 1.49 bits per heavy atom. The molecule has 2 heteroatoms. The number of anilines is 3. The van der Waals surface area contributed by atoms with E-state index in [4.69, 9.17) is 4.98 Å². The third kappa shape index (κ3) is 4.62. The lowest BCUT2D eigenvalue weighted by molar-refractivity contribution is 1.20. The van der Waals surface area contributed by atoms with E-state index in [0.717, 1.165) is 22.6 Å². The van der Waals surface area contributed by atoms with Gasteiger partial charge in [0.05, 0.1) is 0 Å². The molecule has 0 fully saturated rings. The molecule has 0 aliphatic rings. The molecule has 2 nitrogen and oxygen atoms in total. The fourth-order valence-corrected chi connectivity index (χ4v) is 7.13. The quantitative estimate of drug-likeness (QED) is 0.183. The predicted octanol–water partition coefficient (Wildman–Crippen LogP) is 12.5. The second-order valence-electron chi connectivity index (χ2n) is 12.0. The largest absolute Gasteiger partial charge is 0.295 e. The predicted molar refractivity (Wildman–Crippen MR) is 200 cm³/mol. The summed E-state index contributed by atoms with van der Waals surface area (Å²) in [4.78, 5) is 7.16. The highest BCUT2D eigenvalue weighted by atomic mass is 15.2. The minimum Gasteiger partial charge on any atom is -0.295 e. The average molecular weight is 599 g/mol. The lowest BCUT2D eigenvalue weighted by Crippen LogP contribution is -2.11. The first-order valence-electron chi connectivity index (χ1n) is 16.1. The maximum Gasteiger partial charge on any atom is 0.145 e. The summed E-state index contributed by atoms with van der Waals surface area (Å²) in [6.07, 6.45) is 1.90. The Morgan fingerprint density at radius 1 is 0.340 bits per heavy atom. The van der Waals surface area contributed by atoms with Crippen LogP contribution in [0.1, 0.15) is 0 Å². The van der Waals surface area contributed by atoms with E-state index in [-0.39, 0.29) is 0 Å². The summed E-state index contributed by atoms with van der Waals surface area (Å²) in [7, 11) is 0. The minimum atomic E-state index is 0.915. The lowest BCUT2D eigenvalue weighted by atomic mass is 9.85. The van der Waals surface area contributed by atoms with E-state index < -0.39 is 0 Å². The number of nitrogens with zero attached hydrogens (tertiary/aromatic N) is 2. The second-order valence-corrected chi connectivity index (χ2v) is 12.0. The summed E-state index contributed by atoms with van der Waals surface area (Å²) >= 11 is 0. The van der Waals surface area contributed by atoms with Gasteiger partial charge in [0, 0.05) is 23.0 Å². The van der Waals surface area contributed by atoms with Crippen LogP contribution in [0.15, 0.2) is 182 Å². The number of para-hydroxylation sites is 1. The highest BCUT2D eigenvalue weighted by molar-refractivity contribution is 6.21. The van der Waals surface area contributed by atoms with Crippen molar-refractivity contribution < 1.29 is 0 Å². The molecule has 0 radical (unpaired) electrons. The van der Waals surface area contributed by atoms with Crippen LogP contribution in [0.5, 0.6) is 0 Å². The van der Waals surface area contributed by atoms with E-state index in [9.17, 15) is 0 Å². The molecule has 8 aromatic carbocycles. The molecule has 0 N–H and O–H groups in total. The summed E-state index contributed by atoms with van der Waals surface area (Å²) in [5, 5.41) is 9.79. The van der Waals surface area contributed by atoms with Crippen molar-refractivity contribution in [1.29, 1.82) is 0 Å². The molecule has 0 atom stereocenters. The average Bonchev–Trinajstić information content (AvgIpc) is 3.14. The molecule has 1 aromatic heterocycles. The zero-order valence-corrected chi connectivity index (χ0v) is 25.7. The van der Waals surface area contributed by atoms with Gasteiger partial charge in [-0.25, -0.2) is 4.98 Å². The monoisotopic (exact) mass is 598 g/mol. The normalized spacial score (nSPS) is 11.4. The first kappa shape index (κ1) is 27.1. The van der Waals surface area contributed by atoms with Gasteiger partial charge in [-0.05, 0) is 96.4 Å². The summed E-state index contributed by atoms with van der Waals surface area (Å²) in [6.45, 7) is 0. The number of aromatic nitrogens is 1. The van der Waals surface area contributed by atoms with Gasteiger partial charge in [0.15, 0.2) is 0 Å². The smallest absolute Gasteiger partial charge is 0.145 e. The number of rotatable bonds is 5. The Hall–Kier alpha value is -6.25. The zero-order valence-electron chi connectivity index (χ0n) is 25.7. The van der Waals surface area contributed by atoms with Gasteiger partial charge in [-0.15, -0.1) is 0 Å². The van der Waals surface area contributed by atoms with Gasteiger partial charge in [-0.1, -0.05) is 140 Å². The van der Waals surface area contributed by atoms with E-state index in [1.54, 1.807) is 0 Å². The molecular weight excluding hydrogens is 569 g/mol. The minimum absolute atomic E-state index is 0.915. The Balaban J connectivity index is 1.24. The molecule has 0 saturated carbocycles. The van der Waals surface area contributed by atoms with E-state index in [1.807, 2.05) is 6.20 Å². The number of pyridine rings is 1. The van der Waals surface area contributed by atoms with Crippen LogP contribution in [-0.4, -0.2) is 4.98 Å². The van der Waals surface area contributed by atoms with E-state index in [0.29, 0.717) is 0 Å². The van der Waals surface area contributed by atoms with Gasteiger partial charge in [0.1, 0.15) is 5.82 Å². The molecule has 220 valence electrons. The maximum atomic E-state index is 4.91. The highest BCUT2D eigenvalue weighted by Crippen LogP contribution is 2.45. The van der Waals surface area contributed by atoms with Crippen LogP contribution in [0, 0.1) is 0 Å². The summed E-state index contributed by atoms with van der Waals surface area (Å²) in [5.41, 5.74) is 7.08. The van der Waals surface area contributed by atoms with Crippen LogP contribution in [0.25, 0.3) is 65.3 Å². The summed E-state index contributed by atoms with van der Waals surface area (Å²) in [5.74, 6) is 0.915. The van der Waals surface area contributed by atoms with Gasteiger partial charge in [0.2, 0.25) is 0 Å². The van der Waals surface area contributed by atoms with Gasteiger partial charge in [0.25, 0.3) is 0 Å². The maximum absolute atomic E-state index is 4.91. The first-order valence-corrected chi connectivity index (χ1v) is 16.1. The molecule has 47 heavy (non-hydrogen) atoms. The van der Waals surface area contributed by atoms with Crippen LogP contribution < -0.4 is 4.90 Å². The fraction of sp³-hybridized carbons (Fsp3) is 0. The molecule has 0 spiro atoms. The Labute approximate surface area is 273 Å². The third-order valence-electron chi connectivity index (χ3n) is 9.26. The van der Waals surface area contributed by atoms with Gasteiger partial charge < -0.3 is 0 Å². The third-order valence-corrected chi connectivity index (χ3v) is 9.26. The van der Waals surface area contributed by atoms with Crippen molar-refractivity contribution in [2.45, 2.75) is 0 Å². The molecule has 1 heterocycles.